The highest BCUT2D eigenvalue weighted by Crippen LogP contribution is 2.15. The Labute approximate surface area is 61.2 Å². The molecule has 0 bridgehead atoms. The molecule has 0 rings (SSSR count). The summed E-state index contributed by atoms with van der Waals surface area (Å²) in [6.07, 6.45) is 2.08. The van der Waals surface area contributed by atoms with Crippen LogP contribution in [0.2, 0.25) is 0 Å². The summed E-state index contributed by atoms with van der Waals surface area (Å²) in [6, 6.07) is 0. The molecule has 0 nitrogen and oxygen atoms in total. The molecule has 0 saturated heterocycles. The van der Waals surface area contributed by atoms with Crippen LogP contribution in [-0.2, 0) is 0 Å². The van der Waals surface area contributed by atoms with Crippen LogP contribution in [0.3, 0.4) is 0 Å². The molecule has 0 heterocycles. The quantitative estimate of drug-likeness (QED) is 0.645. The predicted octanol–water partition coefficient (Wildman–Crippen LogP) is 3.27. The van der Waals surface area contributed by atoms with Crippen molar-refractivity contribution in [3.63, 3.8) is 0 Å². The van der Waals surface area contributed by atoms with Gasteiger partial charge in [0.1, 0.15) is 0 Å². The molecule has 0 aromatic heterocycles. The van der Waals surface area contributed by atoms with Gasteiger partial charge in [-0.25, -0.2) is 0 Å². The molecule has 7 heavy (non-hydrogen) atoms. The first-order valence-corrected chi connectivity index (χ1v) is 3.74. The van der Waals surface area contributed by atoms with E-state index in [0.717, 1.165) is 3.39 Å². The van der Waals surface area contributed by atoms with Gasteiger partial charge in [-0.15, -0.1) is 0 Å². The van der Waals surface area contributed by atoms with Crippen LogP contribution in [0.25, 0.3) is 0 Å². The van der Waals surface area contributed by atoms with Crippen LogP contribution in [0, 0.1) is 5.92 Å². The van der Waals surface area contributed by atoms with Crippen molar-refractivity contribution in [3.05, 3.63) is 9.47 Å². The molecule has 0 aliphatic carbocycles. The topological polar surface area (TPSA) is 0 Å². The molecule has 0 spiro atoms. The van der Waals surface area contributed by atoms with Gasteiger partial charge in [-0.3, -0.25) is 0 Å². The molecule has 0 aliphatic heterocycles. The summed E-state index contributed by atoms with van der Waals surface area (Å²) in [7, 11) is 0. The van der Waals surface area contributed by atoms with E-state index in [2.05, 4.69) is 51.8 Å². The van der Waals surface area contributed by atoms with E-state index in [9.17, 15) is 0 Å². The Kier molecular flexibility index (Phi) is 4.04. The lowest BCUT2D eigenvalue weighted by atomic mass is 10.2. The lowest BCUT2D eigenvalue weighted by Crippen LogP contribution is -1.74. The lowest BCUT2D eigenvalue weighted by molar-refractivity contribution is 0.833. The van der Waals surface area contributed by atoms with E-state index >= 15 is 0 Å². The normalized spacial score (nSPS) is 9.29. The van der Waals surface area contributed by atoms with E-state index < -0.39 is 0 Å². The van der Waals surface area contributed by atoms with Gasteiger partial charge in [-0.05, 0) is 37.8 Å². The molecule has 2 heteroatoms. The lowest BCUT2D eigenvalue weighted by Gasteiger charge is -1.90. The molecule has 42 valence electrons. The van der Waals surface area contributed by atoms with Gasteiger partial charge < -0.3 is 0 Å². The molecule has 0 amide bonds. The Bertz CT molecular complexity index is 70.1. The first kappa shape index (κ1) is 7.70. The third-order valence-electron chi connectivity index (χ3n) is 0.459. The molecular formula is C5H8Br2. The minimum absolute atomic E-state index is 0.619. The summed E-state index contributed by atoms with van der Waals surface area (Å²) < 4.78 is 1.04. The van der Waals surface area contributed by atoms with E-state index in [0.29, 0.717) is 5.92 Å². The van der Waals surface area contributed by atoms with Crippen molar-refractivity contribution < 1.29 is 0 Å². The minimum Gasteiger partial charge on any atom is -0.0606 e. The molecule has 0 aromatic carbocycles. The van der Waals surface area contributed by atoms with Crippen molar-refractivity contribution in [3.8, 4) is 0 Å². The Morgan fingerprint density at radius 1 is 1.43 bits per heavy atom. The Hall–Kier alpha value is 0.700. The highest BCUT2D eigenvalue weighted by molar-refractivity contribution is 9.28. The van der Waals surface area contributed by atoms with Crippen LogP contribution in [-0.4, -0.2) is 0 Å². The Morgan fingerprint density at radius 3 is 1.86 bits per heavy atom. The van der Waals surface area contributed by atoms with Crippen LogP contribution < -0.4 is 0 Å². The van der Waals surface area contributed by atoms with Crippen LogP contribution in [0.5, 0.6) is 0 Å². The van der Waals surface area contributed by atoms with Crippen LogP contribution in [0.15, 0.2) is 9.47 Å². The van der Waals surface area contributed by atoms with Gasteiger partial charge in [-0.2, -0.15) is 0 Å². The van der Waals surface area contributed by atoms with Gasteiger partial charge in [0.05, 0.1) is 3.39 Å². The molecule has 0 fully saturated rings. The molecule has 0 unspecified atom stereocenters. The molecule has 0 aliphatic rings. The fraction of sp³-hybridized carbons (Fsp3) is 0.600. The van der Waals surface area contributed by atoms with Crippen molar-refractivity contribution >= 4 is 31.9 Å². The monoisotopic (exact) mass is 226 g/mol. The number of allylic oxidation sites excluding steroid dienone is 1. The van der Waals surface area contributed by atoms with Gasteiger partial charge in [0, 0.05) is 0 Å². The third kappa shape index (κ3) is 6.70. The summed E-state index contributed by atoms with van der Waals surface area (Å²) in [5.41, 5.74) is 0. The maximum atomic E-state index is 3.25. The van der Waals surface area contributed by atoms with Crippen LogP contribution >= 0.6 is 31.9 Å². The zero-order valence-electron chi connectivity index (χ0n) is 4.41. The maximum absolute atomic E-state index is 3.25. The largest absolute Gasteiger partial charge is 0.0606 e. The molecule has 0 radical (unpaired) electrons. The summed E-state index contributed by atoms with van der Waals surface area (Å²) in [6.45, 7) is 4.26. The molecule has 0 N–H and O–H groups in total. The second-order valence-corrected chi connectivity index (χ2v) is 4.47. The SMILES string of the molecule is CC(C)C=C(Br)Br. The Balaban J connectivity index is 3.45. The Morgan fingerprint density at radius 2 is 1.86 bits per heavy atom. The van der Waals surface area contributed by atoms with Crippen molar-refractivity contribution in [2.45, 2.75) is 13.8 Å². The average Bonchev–Trinajstić information content (AvgIpc) is 1.27. The highest BCUT2D eigenvalue weighted by atomic mass is 79.9. The average molecular weight is 228 g/mol. The number of hydrogen-bond donors (Lipinski definition) is 0. The van der Waals surface area contributed by atoms with Crippen molar-refractivity contribution in [1.82, 2.24) is 0 Å². The van der Waals surface area contributed by atoms with E-state index in [1.165, 1.54) is 0 Å². The zero-order valence-corrected chi connectivity index (χ0v) is 7.58. The fourth-order valence-electron chi connectivity index (χ4n) is 0.252. The standard InChI is InChI=1S/C5H8Br2/c1-4(2)3-5(6)7/h3-4H,1-2H3. The molecule has 0 aromatic rings. The van der Waals surface area contributed by atoms with Crippen molar-refractivity contribution in [2.24, 2.45) is 5.92 Å². The number of hydrogen-bond acceptors (Lipinski definition) is 0. The number of halogens is 2. The summed E-state index contributed by atoms with van der Waals surface area (Å²) in [5, 5.41) is 0. The van der Waals surface area contributed by atoms with Gasteiger partial charge in [-0.1, -0.05) is 19.9 Å². The highest BCUT2D eigenvalue weighted by Gasteiger charge is 1.85. The van der Waals surface area contributed by atoms with Gasteiger partial charge in [0.2, 0.25) is 0 Å². The van der Waals surface area contributed by atoms with E-state index in [1.807, 2.05) is 0 Å². The summed E-state index contributed by atoms with van der Waals surface area (Å²) >= 11 is 6.51. The first-order valence-electron chi connectivity index (χ1n) is 2.15. The molecule has 0 saturated carbocycles. The second kappa shape index (κ2) is 3.67. The van der Waals surface area contributed by atoms with Gasteiger partial charge >= 0.3 is 0 Å². The third-order valence-corrected chi connectivity index (χ3v) is 0.988. The maximum Gasteiger partial charge on any atom is 0.0566 e. The van der Waals surface area contributed by atoms with E-state index in [4.69, 9.17) is 0 Å². The molecule has 0 atom stereocenters. The predicted molar refractivity (Wildman–Crippen MR) is 40.8 cm³/mol. The first-order chi connectivity index (χ1) is 3.13. The van der Waals surface area contributed by atoms with Crippen molar-refractivity contribution in [2.75, 3.05) is 0 Å². The summed E-state index contributed by atoms with van der Waals surface area (Å²) in [5.74, 6) is 0.619. The van der Waals surface area contributed by atoms with Crippen LogP contribution in [0.4, 0.5) is 0 Å². The molecular weight excluding hydrogens is 220 g/mol. The van der Waals surface area contributed by atoms with Crippen LogP contribution in [0.1, 0.15) is 13.8 Å². The minimum atomic E-state index is 0.619. The fourth-order valence-corrected chi connectivity index (χ4v) is 1.31. The smallest absolute Gasteiger partial charge is 0.0566 e. The van der Waals surface area contributed by atoms with E-state index in [1.54, 1.807) is 0 Å². The van der Waals surface area contributed by atoms with Gasteiger partial charge in [0.25, 0.3) is 0 Å². The number of rotatable bonds is 1. The van der Waals surface area contributed by atoms with E-state index in [-0.39, 0.29) is 0 Å². The van der Waals surface area contributed by atoms with Gasteiger partial charge in [0.15, 0.2) is 0 Å². The van der Waals surface area contributed by atoms with Crippen molar-refractivity contribution in [1.29, 1.82) is 0 Å². The summed E-state index contributed by atoms with van der Waals surface area (Å²) in [4.78, 5) is 0. The zero-order chi connectivity index (χ0) is 5.86. The second-order valence-electron chi connectivity index (χ2n) is 1.70.